The quantitative estimate of drug-likeness (QED) is 0.867. The molecule has 0 spiro atoms. The zero-order chi connectivity index (χ0) is 13.3. The van der Waals surface area contributed by atoms with E-state index < -0.39 is 5.97 Å². The predicted molar refractivity (Wildman–Crippen MR) is 67.8 cm³/mol. The molecule has 18 heavy (non-hydrogen) atoms. The maximum Gasteiger partial charge on any atom is 0.337 e. The lowest BCUT2D eigenvalue weighted by atomic mass is 10.1. The summed E-state index contributed by atoms with van der Waals surface area (Å²) in [6.07, 6.45) is 0.615. The first-order valence-corrected chi connectivity index (χ1v) is 5.88. The van der Waals surface area contributed by atoms with Crippen LogP contribution in [0, 0.1) is 6.92 Å². The molecule has 0 saturated heterocycles. The van der Waals surface area contributed by atoms with Crippen LogP contribution in [0.4, 0.5) is 0 Å². The minimum absolute atomic E-state index is 0.0871. The molecule has 0 fully saturated rings. The second kappa shape index (κ2) is 4.78. The van der Waals surface area contributed by atoms with Crippen LogP contribution in [0.5, 0.6) is 0 Å². The summed E-state index contributed by atoms with van der Waals surface area (Å²) < 4.78 is 1.97. The van der Waals surface area contributed by atoms with Crippen molar-refractivity contribution in [2.24, 2.45) is 0 Å². The fourth-order valence-corrected chi connectivity index (χ4v) is 2.28. The summed E-state index contributed by atoms with van der Waals surface area (Å²) in [4.78, 5) is 15.5. The van der Waals surface area contributed by atoms with Crippen molar-refractivity contribution in [2.45, 2.75) is 26.3 Å². The van der Waals surface area contributed by atoms with Crippen LogP contribution in [0.25, 0.3) is 11.0 Å². The summed E-state index contributed by atoms with van der Waals surface area (Å²) >= 11 is 0. The van der Waals surface area contributed by atoms with Gasteiger partial charge in [-0.2, -0.15) is 0 Å². The van der Waals surface area contributed by atoms with Crippen molar-refractivity contribution in [2.75, 3.05) is 6.61 Å². The molecule has 0 aliphatic carbocycles. The summed E-state index contributed by atoms with van der Waals surface area (Å²) in [5, 5.41) is 18.1. The third kappa shape index (κ3) is 1.97. The van der Waals surface area contributed by atoms with Crippen molar-refractivity contribution in [1.82, 2.24) is 9.55 Å². The average molecular weight is 248 g/mol. The second-order valence-electron chi connectivity index (χ2n) is 4.37. The SMILES string of the molecule is Cc1nc2c(C(=O)O)cccc2n1C(C)CCO. The fraction of sp³-hybridized carbons (Fsp3) is 0.385. The van der Waals surface area contributed by atoms with Gasteiger partial charge >= 0.3 is 5.97 Å². The summed E-state index contributed by atoms with van der Waals surface area (Å²) in [6, 6.07) is 5.21. The molecular formula is C13H16N2O3. The van der Waals surface area contributed by atoms with E-state index in [2.05, 4.69) is 4.98 Å². The van der Waals surface area contributed by atoms with E-state index in [0.29, 0.717) is 11.9 Å². The van der Waals surface area contributed by atoms with E-state index in [1.54, 1.807) is 12.1 Å². The number of carboxylic acid groups (broad SMARTS) is 1. The standard InChI is InChI=1S/C13H16N2O3/c1-8(6-7-16)15-9(2)14-12-10(13(17)18)4-3-5-11(12)15/h3-5,8,16H,6-7H2,1-2H3,(H,17,18). The fourth-order valence-electron chi connectivity index (χ4n) is 2.28. The van der Waals surface area contributed by atoms with E-state index in [-0.39, 0.29) is 18.2 Å². The molecule has 1 aromatic carbocycles. The number of rotatable bonds is 4. The van der Waals surface area contributed by atoms with Gasteiger partial charge in [-0.25, -0.2) is 9.78 Å². The molecule has 0 bridgehead atoms. The van der Waals surface area contributed by atoms with E-state index in [1.165, 1.54) is 0 Å². The maximum absolute atomic E-state index is 11.1. The normalized spacial score (nSPS) is 12.8. The number of aromatic carboxylic acids is 1. The zero-order valence-corrected chi connectivity index (χ0v) is 10.4. The highest BCUT2D eigenvalue weighted by molar-refractivity contribution is 6.01. The highest BCUT2D eigenvalue weighted by Gasteiger charge is 2.17. The topological polar surface area (TPSA) is 75.3 Å². The van der Waals surface area contributed by atoms with Crippen molar-refractivity contribution in [3.8, 4) is 0 Å². The lowest BCUT2D eigenvalue weighted by Crippen LogP contribution is -2.08. The Kier molecular flexibility index (Phi) is 3.34. The molecule has 2 aromatic rings. The molecule has 2 N–H and O–H groups in total. The van der Waals surface area contributed by atoms with Crippen LogP contribution in [0.15, 0.2) is 18.2 Å². The minimum Gasteiger partial charge on any atom is -0.478 e. The Morgan fingerprint density at radius 1 is 1.50 bits per heavy atom. The molecule has 0 amide bonds. The molecule has 0 saturated carbocycles. The molecule has 1 heterocycles. The van der Waals surface area contributed by atoms with Gasteiger partial charge in [-0.15, -0.1) is 0 Å². The van der Waals surface area contributed by atoms with Gasteiger partial charge in [-0.05, 0) is 32.4 Å². The number of imidazole rings is 1. The first-order valence-electron chi connectivity index (χ1n) is 5.88. The second-order valence-corrected chi connectivity index (χ2v) is 4.37. The number of fused-ring (bicyclic) bond motifs is 1. The monoisotopic (exact) mass is 248 g/mol. The van der Waals surface area contributed by atoms with Crippen LogP contribution >= 0.6 is 0 Å². The number of hydrogen-bond acceptors (Lipinski definition) is 3. The zero-order valence-electron chi connectivity index (χ0n) is 10.4. The van der Waals surface area contributed by atoms with E-state index in [4.69, 9.17) is 10.2 Å². The Morgan fingerprint density at radius 3 is 2.83 bits per heavy atom. The van der Waals surface area contributed by atoms with E-state index in [1.807, 2.05) is 24.5 Å². The number of hydrogen-bond donors (Lipinski definition) is 2. The third-order valence-corrected chi connectivity index (χ3v) is 3.11. The van der Waals surface area contributed by atoms with Gasteiger partial charge in [0.1, 0.15) is 11.3 Å². The first-order chi connectivity index (χ1) is 8.56. The summed E-state index contributed by atoms with van der Waals surface area (Å²) in [5.41, 5.74) is 1.52. The molecule has 1 aromatic heterocycles. The van der Waals surface area contributed by atoms with Gasteiger partial charge in [0, 0.05) is 12.6 Å². The number of nitrogens with zero attached hydrogens (tertiary/aromatic N) is 2. The molecular weight excluding hydrogens is 232 g/mol. The summed E-state index contributed by atoms with van der Waals surface area (Å²) in [5.74, 6) is -0.209. The number of carbonyl (C=O) groups is 1. The van der Waals surface area contributed by atoms with Gasteiger partial charge in [0.2, 0.25) is 0 Å². The third-order valence-electron chi connectivity index (χ3n) is 3.11. The van der Waals surface area contributed by atoms with Crippen LogP contribution in [-0.2, 0) is 0 Å². The van der Waals surface area contributed by atoms with Crippen molar-refractivity contribution in [3.05, 3.63) is 29.6 Å². The molecule has 5 nitrogen and oxygen atoms in total. The first kappa shape index (κ1) is 12.6. The van der Waals surface area contributed by atoms with Crippen LogP contribution in [0.1, 0.15) is 35.6 Å². The summed E-state index contributed by atoms with van der Waals surface area (Å²) in [6.45, 7) is 3.93. The van der Waals surface area contributed by atoms with Crippen LogP contribution < -0.4 is 0 Å². The van der Waals surface area contributed by atoms with E-state index in [0.717, 1.165) is 11.3 Å². The molecule has 0 aliphatic heterocycles. The van der Waals surface area contributed by atoms with Gasteiger partial charge < -0.3 is 14.8 Å². The predicted octanol–water partition coefficient (Wildman–Crippen LogP) is 1.99. The van der Waals surface area contributed by atoms with Gasteiger partial charge in [-0.1, -0.05) is 6.07 Å². The van der Waals surface area contributed by atoms with Crippen LogP contribution in [-0.4, -0.2) is 32.3 Å². The maximum atomic E-state index is 11.1. The minimum atomic E-state index is -0.972. The molecule has 96 valence electrons. The Bertz CT molecular complexity index is 589. The lowest BCUT2D eigenvalue weighted by Gasteiger charge is -2.15. The van der Waals surface area contributed by atoms with Gasteiger partial charge in [0.15, 0.2) is 0 Å². The number of carboxylic acids is 1. The van der Waals surface area contributed by atoms with E-state index in [9.17, 15) is 4.79 Å². The molecule has 2 rings (SSSR count). The molecule has 0 radical (unpaired) electrons. The Morgan fingerprint density at radius 2 is 2.22 bits per heavy atom. The van der Waals surface area contributed by atoms with E-state index >= 15 is 0 Å². The van der Waals surface area contributed by atoms with Crippen molar-refractivity contribution < 1.29 is 15.0 Å². The van der Waals surface area contributed by atoms with Gasteiger partial charge in [0.25, 0.3) is 0 Å². The molecule has 1 atom stereocenters. The Balaban J connectivity index is 2.65. The van der Waals surface area contributed by atoms with Crippen LogP contribution in [0.3, 0.4) is 0 Å². The Hall–Kier alpha value is -1.88. The highest BCUT2D eigenvalue weighted by Crippen LogP contribution is 2.25. The smallest absolute Gasteiger partial charge is 0.337 e. The number of aliphatic hydroxyl groups excluding tert-OH is 1. The molecule has 1 unspecified atom stereocenters. The van der Waals surface area contributed by atoms with Gasteiger partial charge in [-0.3, -0.25) is 0 Å². The number of benzene rings is 1. The molecule has 0 aliphatic rings. The Labute approximate surface area is 105 Å². The molecule has 5 heteroatoms. The number of aromatic nitrogens is 2. The van der Waals surface area contributed by atoms with Crippen molar-refractivity contribution in [1.29, 1.82) is 0 Å². The number of aliphatic hydroxyl groups is 1. The van der Waals surface area contributed by atoms with Crippen molar-refractivity contribution >= 4 is 17.0 Å². The average Bonchev–Trinajstić information content (AvgIpc) is 2.64. The van der Waals surface area contributed by atoms with Gasteiger partial charge in [0.05, 0.1) is 11.1 Å². The van der Waals surface area contributed by atoms with Crippen molar-refractivity contribution in [3.63, 3.8) is 0 Å². The van der Waals surface area contributed by atoms with Crippen LogP contribution in [0.2, 0.25) is 0 Å². The summed E-state index contributed by atoms with van der Waals surface area (Å²) in [7, 11) is 0. The highest BCUT2D eigenvalue weighted by atomic mass is 16.4. The largest absolute Gasteiger partial charge is 0.478 e. The lowest BCUT2D eigenvalue weighted by molar-refractivity contribution is 0.0699. The number of aryl methyl sites for hydroxylation is 1. The number of para-hydroxylation sites is 1.